The predicted molar refractivity (Wildman–Crippen MR) is 127 cm³/mol. The fourth-order valence-electron chi connectivity index (χ4n) is 3.43. The first-order chi connectivity index (χ1) is 13.5. The Labute approximate surface area is 221 Å². The standard InChI is InChI=1S/2C11H11.C6H12.2ClH.Zr/c2*1-8-6-7-9(2)11-5-3-4-10(8)11;1-3-5-6-4-2;;;/h2*3-7H,1-2H3;1-6H2;2*1H;/q2*-1;-2;;;+2/p-2. The van der Waals surface area contributed by atoms with Gasteiger partial charge >= 0.3 is 26.2 Å². The SMILES string of the molecule is Cc1ccc(C)c2[cH-]ccc12.Cc1ccc(C)c2[cH-]ccc12.[CH2-]CCCC[CH2-].[Cl-].[Cl-].[Zr+2]. The molecule has 0 aliphatic heterocycles. The van der Waals surface area contributed by atoms with Gasteiger partial charge < -0.3 is 38.7 Å². The van der Waals surface area contributed by atoms with Crippen molar-refractivity contribution in [3.05, 3.63) is 96.8 Å². The Hall–Kier alpha value is -0.877. The fraction of sp³-hybridized carbons (Fsp3) is 0.286. The third-order valence-corrected chi connectivity index (χ3v) is 5.25. The summed E-state index contributed by atoms with van der Waals surface area (Å²) in [7, 11) is 0. The molecule has 31 heavy (non-hydrogen) atoms. The van der Waals surface area contributed by atoms with Crippen LogP contribution >= 0.6 is 0 Å². The summed E-state index contributed by atoms with van der Waals surface area (Å²) < 4.78 is 0. The average molecular weight is 533 g/mol. The van der Waals surface area contributed by atoms with Crippen molar-refractivity contribution in [2.45, 2.75) is 53.4 Å². The minimum Gasteiger partial charge on any atom is -1.00 e. The Morgan fingerprint density at radius 3 is 1.19 bits per heavy atom. The monoisotopic (exact) mass is 530 g/mol. The molecule has 0 bridgehead atoms. The maximum absolute atomic E-state index is 3.70. The molecule has 0 N–H and O–H groups in total. The normalized spacial score (nSPS) is 9.35. The molecule has 0 saturated heterocycles. The van der Waals surface area contributed by atoms with Crippen LogP contribution in [0.3, 0.4) is 0 Å². The number of hydrogen-bond acceptors (Lipinski definition) is 0. The van der Waals surface area contributed by atoms with Crippen LogP contribution in [0.5, 0.6) is 0 Å². The summed E-state index contributed by atoms with van der Waals surface area (Å²) in [4.78, 5) is 0. The topological polar surface area (TPSA) is 0 Å². The Balaban J connectivity index is 0. The van der Waals surface area contributed by atoms with E-state index in [0.29, 0.717) is 0 Å². The molecule has 3 heteroatoms. The molecule has 0 atom stereocenters. The van der Waals surface area contributed by atoms with Gasteiger partial charge in [-0.1, -0.05) is 49.9 Å². The van der Waals surface area contributed by atoms with Gasteiger partial charge in [-0.25, -0.2) is 0 Å². The molecule has 0 saturated carbocycles. The molecule has 0 spiro atoms. The third kappa shape index (κ3) is 9.25. The van der Waals surface area contributed by atoms with Crippen molar-refractivity contribution in [3.8, 4) is 0 Å². The summed E-state index contributed by atoms with van der Waals surface area (Å²) >= 11 is 0. The predicted octanol–water partition coefficient (Wildman–Crippen LogP) is 2.57. The van der Waals surface area contributed by atoms with Gasteiger partial charge in [-0.2, -0.15) is 37.1 Å². The van der Waals surface area contributed by atoms with Crippen LogP contribution in [0.4, 0.5) is 0 Å². The van der Waals surface area contributed by atoms with Crippen LogP contribution in [0.1, 0.15) is 47.9 Å². The smallest absolute Gasteiger partial charge is 1.00 e. The molecule has 4 aromatic carbocycles. The summed E-state index contributed by atoms with van der Waals surface area (Å²) in [5.74, 6) is 0. The van der Waals surface area contributed by atoms with Crippen molar-refractivity contribution in [2.75, 3.05) is 0 Å². The van der Waals surface area contributed by atoms with Gasteiger partial charge in [0.15, 0.2) is 0 Å². The first-order valence-electron chi connectivity index (χ1n) is 10.3. The van der Waals surface area contributed by atoms with Gasteiger partial charge in [-0.15, -0.1) is 56.9 Å². The summed E-state index contributed by atoms with van der Waals surface area (Å²) in [6.07, 6.45) is 4.61. The zero-order chi connectivity index (χ0) is 20.5. The molecule has 4 aromatic rings. The first kappa shape index (κ1) is 32.3. The number of benzene rings is 2. The summed E-state index contributed by atoms with van der Waals surface area (Å²) in [5, 5.41) is 5.57. The second-order valence-corrected chi connectivity index (χ2v) is 7.52. The average Bonchev–Trinajstić information content (AvgIpc) is 3.38. The van der Waals surface area contributed by atoms with Crippen molar-refractivity contribution in [2.24, 2.45) is 0 Å². The fourth-order valence-corrected chi connectivity index (χ4v) is 3.43. The zero-order valence-electron chi connectivity index (χ0n) is 19.3. The summed E-state index contributed by atoms with van der Waals surface area (Å²) in [6.45, 7) is 16.0. The number of aryl methyl sites for hydroxylation is 4. The van der Waals surface area contributed by atoms with Crippen LogP contribution < -0.4 is 24.8 Å². The summed E-state index contributed by atoms with van der Waals surface area (Å²) in [5.41, 5.74) is 5.48. The van der Waals surface area contributed by atoms with Crippen LogP contribution in [-0.2, 0) is 26.2 Å². The van der Waals surface area contributed by atoms with E-state index in [4.69, 9.17) is 0 Å². The molecule has 0 nitrogen and oxygen atoms in total. The molecule has 0 aliphatic rings. The minimum absolute atomic E-state index is 0. The molecular weight excluding hydrogens is 498 g/mol. The maximum Gasteiger partial charge on any atom is 2.00 e. The number of hydrogen-bond donors (Lipinski definition) is 0. The van der Waals surface area contributed by atoms with Crippen molar-refractivity contribution < 1.29 is 51.0 Å². The Morgan fingerprint density at radius 1 is 0.581 bits per heavy atom. The van der Waals surface area contributed by atoms with E-state index in [0.717, 1.165) is 12.8 Å². The molecule has 0 aromatic heterocycles. The summed E-state index contributed by atoms with van der Waals surface area (Å²) in [6, 6.07) is 21.7. The van der Waals surface area contributed by atoms with Gasteiger partial charge in [0.1, 0.15) is 0 Å². The molecule has 0 unspecified atom stereocenters. The van der Waals surface area contributed by atoms with E-state index in [1.165, 1.54) is 56.6 Å². The van der Waals surface area contributed by atoms with Crippen molar-refractivity contribution >= 4 is 21.5 Å². The Morgan fingerprint density at radius 2 is 0.903 bits per heavy atom. The number of rotatable bonds is 3. The van der Waals surface area contributed by atoms with E-state index in [9.17, 15) is 0 Å². The van der Waals surface area contributed by atoms with E-state index >= 15 is 0 Å². The van der Waals surface area contributed by atoms with Crippen LogP contribution in [0.25, 0.3) is 21.5 Å². The molecule has 0 radical (unpaired) electrons. The van der Waals surface area contributed by atoms with Crippen molar-refractivity contribution in [1.29, 1.82) is 0 Å². The van der Waals surface area contributed by atoms with Crippen LogP contribution in [-0.4, -0.2) is 0 Å². The van der Waals surface area contributed by atoms with Gasteiger partial charge in [-0.05, 0) is 13.8 Å². The number of halogens is 2. The largest absolute Gasteiger partial charge is 2.00 e. The second kappa shape index (κ2) is 16.7. The second-order valence-electron chi connectivity index (χ2n) is 7.52. The minimum atomic E-state index is 0. The van der Waals surface area contributed by atoms with Crippen LogP contribution in [0.15, 0.2) is 60.7 Å². The molecule has 0 aliphatic carbocycles. The molecule has 0 heterocycles. The maximum atomic E-state index is 3.70. The van der Waals surface area contributed by atoms with Crippen molar-refractivity contribution in [3.63, 3.8) is 0 Å². The van der Waals surface area contributed by atoms with E-state index in [1.807, 2.05) is 0 Å². The van der Waals surface area contributed by atoms with E-state index in [-0.39, 0.29) is 51.0 Å². The molecule has 0 amide bonds. The van der Waals surface area contributed by atoms with E-state index in [1.54, 1.807) is 0 Å². The van der Waals surface area contributed by atoms with Crippen LogP contribution in [0, 0.1) is 41.5 Å². The van der Waals surface area contributed by atoms with Gasteiger partial charge in [0, 0.05) is 0 Å². The molecule has 4 rings (SSSR count). The molecular formula is C28H34Cl2Zr-4. The van der Waals surface area contributed by atoms with Gasteiger partial charge in [0.2, 0.25) is 0 Å². The van der Waals surface area contributed by atoms with Crippen LogP contribution in [0.2, 0.25) is 0 Å². The third-order valence-electron chi connectivity index (χ3n) is 5.25. The van der Waals surface area contributed by atoms with E-state index in [2.05, 4.69) is 102 Å². The molecule has 0 fully saturated rings. The van der Waals surface area contributed by atoms with Gasteiger partial charge in [0.05, 0.1) is 0 Å². The van der Waals surface area contributed by atoms with Gasteiger partial charge in [0.25, 0.3) is 0 Å². The van der Waals surface area contributed by atoms with E-state index < -0.39 is 0 Å². The first-order valence-corrected chi connectivity index (χ1v) is 10.3. The molecule has 168 valence electrons. The number of unbranched alkanes of at least 4 members (excludes halogenated alkanes) is 3. The Bertz CT molecular complexity index is 841. The Kier molecular flexibility index (Phi) is 17.4. The van der Waals surface area contributed by atoms with Crippen molar-refractivity contribution in [1.82, 2.24) is 0 Å². The van der Waals surface area contributed by atoms with Gasteiger partial charge in [-0.3, -0.25) is 0 Å². The quantitative estimate of drug-likeness (QED) is 0.281. The number of fused-ring (bicyclic) bond motifs is 2. The zero-order valence-corrected chi connectivity index (χ0v) is 23.2.